The zero-order valence-corrected chi connectivity index (χ0v) is 22.0. The molecule has 0 saturated carbocycles. The van der Waals surface area contributed by atoms with Gasteiger partial charge in [-0.1, -0.05) is 18.6 Å². The molecule has 8 nitrogen and oxygen atoms in total. The summed E-state index contributed by atoms with van der Waals surface area (Å²) in [5.41, 5.74) is 1.43. The topological polar surface area (TPSA) is 91.8 Å². The number of rotatable bonds is 7. The molecule has 0 radical (unpaired) electrons. The molecule has 0 unspecified atom stereocenters. The Kier molecular flexibility index (Phi) is 7.62. The number of ether oxygens (including phenoxy) is 1. The predicted octanol–water partition coefficient (Wildman–Crippen LogP) is 4.66. The number of hydrogen-bond acceptors (Lipinski definition) is 6. The Morgan fingerprint density at radius 2 is 1.84 bits per heavy atom. The molecule has 0 aliphatic carbocycles. The smallest absolute Gasteiger partial charge is 0.243 e. The van der Waals surface area contributed by atoms with E-state index in [1.807, 2.05) is 43.3 Å². The highest BCUT2D eigenvalue weighted by atomic mass is 32.2. The zero-order valence-electron chi connectivity index (χ0n) is 21.2. The van der Waals surface area contributed by atoms with Crippen LogP contribution >= 0.6 is 0 Å². The largest absolute Gasteiger partial charge is 0.492 e. The summed E-state index contributed by atoms with van der Waals surface area (Å²) in [7, 11) is -3.49. The van der Waals surface area contributed by atoms with E-state index in [2.05, 4.69) is 10.2 Å². The first-order valence-electron chi connectivity index (χ1n) is 13.1. The van der Waals surface area contributed by atoms with Crippen molar-refractivity contribution in [3.63, 3.8) is 0 Å². The second-order valence-electron chi connectivity index (χ2n) is 9.69. The fraction of sp³-hybridized carbons (Fsp3) is 0.429. The molecule has 3 aromatic rings. The van der Waals surface area contributed by atoms with E-state index in [0.29, 0.717) is 42.6 Å². The number of amides is 1. The number of piperidine rings is 2. The van der Waals surface area contributed by atoms with Crippen LogP contribution in [0.25, 0.3) is 10.9 Å². The number of sulfonamides is 1. The Labute approximate surface area is 218 Å². The van der Waals surface area contributed by atoms with E-state index in [4.69, 9.17) is 9.72 Å². The number of para-hydroxylation sites is 2. The molecule has 1 N–H and O–H groups in total. The van der Waals surface area contributed by atoms with Crippen molar-refractivity contribution in [2.45, 2.75) is 43.9 Å². The fourth-order valence-electron chi connectivity index (χ4n) is 5.17. The number of hydrogen-bond donors (Lipinski definition) is 1. The highest BCUT2D eigenvalue weighted by Crippen LogP contribution is 2.29. The van der Waals surface area contributed by atoms with E-state index in [0.717, 1.165) is 55.4 Å². The highest BCUT2D eigenvalue weighted by molar-refractivity contribution is 7.89. The molecule has 1 amide bonds. The Morgan fingerprint density at radius 3 is 2.65 bits per heavy atom. The third kappa shape index (κ3) is 5.57. The SMILES string of the molecule is CCOc1ccccc1NC(=O)[C@H]1CCCN(c2ccc3cc(S(=O)(=O)N4CCCCC4)ccc3n2)C1. The third-order valence-electron chi connectivity index (χ3n) is 7.16. The Morgan fingerprint density at radius 1 is 1.03 bits per heavy atom. The molecular formula is C28H34N4O4S. The van der Waals surface area contributed by atoms with Crippen LogP contribution in [0.5, 0.6) is 5.75 Å². The molecule has 37 heavy (non-hydrogen) atoms. The number of carbonyl (C=O) groups is 1. The molecule has 1 aromatic heterocycles. The molecule has 0 bridgehead atoms. The van der Waals surface area contributed by atoms with Crippen LogP contribution in [0.2, 0.25) is 0 Å². The molecular weight excluding hydrogens is 488 g/mol. The van der Waals surface area contributed by atoms with Gasteiger partial charge in [-0.05, 0) is 75.1 Å². The summed E-state index contributed by atoms with van der Waals surface area (Å²) in [5, 5.41) is 3.83. The van der Waals surface area contributed by atoms with Crippen LogP contribution in [0.15, 0.2) is 59.5 Å². The van der Waals surface area contributed by atoms with E-state index in [9.17, 15) is 13.2 Å². The van der Waals surface area contributed by atoms with Gasteiger partial charge in [-0.3, -0.25) is 4.79 Å². The van der Waals surface area contributed by atoms with Gasteiger partial charge in [0.15, 0.2) is 0 Å². The second kappa shape index (κ2) is 11.1. The standard InChI is InChI=1S/C28H34N4O4S/c1-2-36-26-11-5-4-10-25(26)30-28(33)22-9-8-16-31(20-22)27-15-12-21-19-23(13-14-24(21)29-27)37(34,35)32-17-6-3-7-18-32/h4-5,10-15,19,22H,2-3,6-9,16-18,20H2,1H3,(H,30,33)/t22-/m0/s1. The molecule has 2 aliphatic heterocycles. The number of aromatic nitrogens is 1. The number of anilines is 2. The molecule has 0 spiro atoms. The van der Waals surface area contributed by atoms with Crippen molar-refractivity contribution in [2.24, 2.45) is 5.92 Å². The minimum atomic E-state index is -3.49. The monoisotopic (exact) mass is 522 g/mol. The van der Waals surface area contributed by atoms with Crippen molar-refractivity contribution in [1.29, 1.82) is 0 Å². The number of pyridine rings is 1. The van der Waals surface area contributed by atoms with Crippen LogP contribution < -0.4 is 15.0 Å². The van der Waals surface area contributed by atoms with Gasteiger partial charge in [-0.2, -0.15) is 4.31 Å². The van der Waals surface area contributed by atoms with Crippen molar-refractivity contribution in [1.82, 2.24) is 9.29 Å². The molecule has 196 valence electrons. The maximum Gasteiger partial charge on any atom is 0.243 e. The molecule has 3 heterocycles. The lowest BCUT2D eigenvalue weighted by molar-refractivity contribution is -0.120. The van der Waals surface area contributed by atoms with E-state index in [1.165, 1.54) is 0 Å². The molecule has 9 heteroatoms. The Hall–Kier alpha value is -3.17. The van der Waals surface area contributed by atoms with Crippen molar-refractivity contribution in [3.05, 3.63) is 54.6 Å². The van der Waals surface area contributed by atoms with Crippen LogP contribution in [-0.2, 0) is 14.8 Å². The summed E-state index contributed by atoms with van der Waals surface area (Å²) in [6.45, 7) is 5.00. The van der Waals surface area contributed by atoms with Gasteiger partial charge in [0.2, 0.25) is 15.9 Å². The Bertz CT molecular complexity index is 1370. The van der Waals surface area contributed by atoms with Crippen LogP contribution in [0.3, 0.4) is 0 Å². The lowest BCUT2D eigenvalue weighted by Gasteiger charge is -2.33. The van der Waals surface area contributed by atoms with Gasteiger partial charge < -0.3 is 15.0 Å². The number of fused-ring (bicyclic) bond motifs is 1. The van der Waals surface area contributed by atoms with Gasteiger partial charge in [0.25, 0.3) is 0 Å². The van der Waals surface area contributed by atoms with Crippen molar-refractivity contribution < 1.29 is 17.9 Å². The van der Waals surface area contributed by atoms with Crippen LogP contribution in [0.1, 0.15) is 39.0 Å². The van der Waals surface area contributed by atoms with Gasteiger partial charge in [0.05, 0.1) is 28.6 Å². The summed E-state index contributed by atoms with van der Waals surface area (Å²) in [6, 6.07) is 16.5. The van der Waals surface area contributed by atoms with Crippen molar-refractivity contribution in [2.75, 3.05) is 43.0 Å². The normalized spacial score (nSPS) is 19.1. The first-order chi connectivity index (χ1) is 18.0. The lowest BCUT2D eigenvalue weighted by atomic mass is 9.97. The number of benzene rings is 2. The highest BCUT2D eigenvalue weighted by Gasteiger charge is 2.28. The number of nitrogens with one attached hydrogen (secondary N) is 1. The van der Waals surface area contributed by atoms with Crippen LogP contribution in [0, 0.1) is 5.92 Å². The minimum absolute atomic E-state index is 0.0230. The van der Waals surface area contributed by atoms with Crippen LogP contribution in [0.4, 0.5) is 11.5 Å². The predicted molar refractivity (Wildman–Crippen MR) is 146 cm³/mol. The molecule has 5 rings (SSSR count). The molecule has 1 atom stereocenters. The van der Waals surface area contributed by atoms with Gasteiger partial charge in [-0.15, -0.1) is 0 Å². The summed E-state index contributed by atoms with van der Waals surface area (Å²) >= 11 is 0. The van der Waals surface area contributed by atoms with Gasteiger partial charge in [-0.25, -0.2) is 13.4 Å². The van der Waals surface area contributed by atoms with Gasteiger partial charge in [0, 0.05) is 31.6 Å². The van der Waals surface area contributed by atoms with Gasteiger partial charge >= 0.3 is 0 Å². The van der Waals surface area contributed by atoms with E-state index >= 15 is 0 Å². The maximum atomic E-state index is 13.1. The van der Waals surface area contributed by atoms with Gasteiger partial charge in [0.1, 0.15) is 11.6 Å². The summed E-state index contributed by atoms with van der Waals surface area (Å²) in [6.07, 6.45) is 4.59. The van der Waals surface area contributed by atoms with E-state index < -0.39 is 10.0 Å². The summed E-state index contributed by atoms with van der Waals surface area (Å²) < 4.78 is 33.4. The van der Waals surface area contributed by atoms with Crippen molar-refractivity contribution >= 4 is 38.3 Å². The molecule has 2 fully saturated rings. The summed E-state index contributed by atoms with van der Waals surface area (Å²) in [4.78, 5) is 20.4. The summed E-state index contributed by atoms with van der Waals surface area (Å²) in [5.74, 6) is 1.28. The quantitative estimate of drug-likeness (QED) is 0.485. The molecule has 2 aliphatic rings. The Balaban J connectivity index is 1.30. The molecule has 2 saturated heterocycles. The first-order valence-corrected chi connectivity index (χ1v) is 14.6. The average Bonchev–Trinajstić information content (AvgIpc) is 2.94. The molecule has 2 aromatic carbocycles. The average molecular weight is 523 g/mol. The van der Waals surface area contributed by atoms with Crippen molar-refractivity contribution in [3.8, 4) is 5.75 Å². The van der Waals surface area contributed by atoms with E-state index in [-0.39, 0.29) is 11.8 Å². The second-order valence-corrected chi connectivity index (χ2v) is 11.6. The fourth-order valence-corrected chi connectivity index (χ4v) is 6.72. The van der Waals surface area contributed by atoms with E-state index in [1.54, 1.807) is 22.5 Å². The maximum absolute atomic E-state index is 13.1. The zero-order chi connectivity index (χ0) is 25.8. The van der Waals surface area contributed by atoms with Crippen LogP contribution in [-0.4, -0.2) is 56.4 Å². The number of nitrogens with zero attached hydrogens (tertiary/aromatic N) is 3. The first kappa shape index (κ1) is 25.5. The number of carbonyl (C=O) groups excluding carboxylic acids is 1. The minimum Gasteiger partial charge on any atom is -0.492 e. The lowest BCUT2D eigenvalue weighted by Crippen LogP contribution is -2.41. The third-order valence-corrected chi connectivity index (χ3v) is 9.05.